The van der Waals surface area contributed by atoms with Crippen LogP contribution in [0.5, 0.6) is 11.5 Å². The van der Waals surface area contributed by atoms with Crippen LogP contribution in [-0.2, 0) is 16.3 Å². The third kappa shape index (κ3) is 4.53. The number of nitrogens with two attached hydrogens (primary N) is 1. The van der Waals surface area contributed by atoms with E-state index in [-0.39, 0.29) is 10.6 Å². The van der Waals surface area contributed by atoms with Gasteiger partial charge in [0.1, 0.15) is 16.4 Å². The Hall–Kier alpha value is -1.41. The number of ether oxygens (including phenoxy) is 2. The SMILES string of the molecule is COc1cc(S(=O)(=O)CCC(F)F)c(OC)cc1CCN. The van der Waals surface area contributed by atoms with E-state index in [4.69, 9.17) is 15.2 Å². The molecular formula is C13H19F2NO4S. The van der Waals surface area contributed by atoms with Crippen molar-refractivity contribution in [1.82, 2.24) is 0 Å². The second-order valence-corrected chi connectivity index (χ2v) is 6.43. The van der Waals surface area contributed by atoms with Crippen LogP contribution in [0.15, 0.2) is 17.0 Å². The molecule has 1 rings (SSSR count). The van der Waals surface area contributed by atoms with E-state index in [2.05, 4.69) is 0 Å². The van der Waals surface area contributed by atoms with Crippen LogP contribution < -0.4 is 15.2 Å². The summed E-state index contributed by atoms with van der Waals surface area (Å²) in [6, 6.07) is 2.81. The molecule has 0 aliphatic carbocycles. The molecule has 5 nitrogen and oxygen atoms in total. The van der Waals surface area contributed by atoms with Crippen molar-refractivity contribution in [1.29, 1.82) is 0 Å². The van der Waals surface area contributed by atoms with Gasteiger partial charge >= 0.3 is 0 Å². The number of rotatable bonds is 8. The molecule has 8 heteroatoms. The van der Waals surface area contributed by atoms with E-state index < -0.39 is 28.4 Å². The Labute approximate surface area is 123 Å². The van der Waals surface area contributed by atoms with Crippen LogP contribution in [0.2, 0.25) is 0 Å². The van der Waals surface area contributed by atoms with Crippen LogP contribution in [0, 0.1) is 0 Å². The smallest absolute Gasteiger partial charge is 0.239 e. The number of halogens is 2. The number of hydrogen-bond acceptors (Lipinski definition) is 5. The standard InChI is InChI=1S/C13H19F2NO4S/c1-19-10-8-12(21(17,18)6-4-13(14)15)11(20-2)7-9(10)3-5-16/h7-8,13H,3-6,16H2,1-2H3. The first-order valence-corrected chi connectivity index (χ1v) is 7.96. The molecule has 0 fully saturated rings. The lowest BCUT2D eigenvalue weighted by Crippen LogP contribution is -2.12. The van der Waals surface area contributed by atoms with Crippen LogP contribution in [0.1, 0.15) is 12.0 Å². The minimum atomic E-state index is -3.88. The van der Waals surface area contributed by atoms with Gasteiger partial charge < -0.3 is 15.2 Å². The predicted molar refractivity (Wildman–Crippen MR) is 75.0 cm³/mol. The molecule has 1 aromatic carbocycles. The minimum Gasteiger partial charge on any atom is -0.496 e. The number of sulfone groups is 1. The van der Waals surface area contributed by atoms with Gasteiger partial charge in [0.2, 0.25) is 6.43 Å². The Morgan fingerprint density at radius 2 is 1.81 bits per heavy atom. The van der Waals surface area contributed by atoms with Crippen molar-refractivity contribution in [2.45, 2.75) is 24.2 Å². The summed E-state index contributed by atoms with van der Waals surface area (Å²) in [6.45, 7) is 0.358. The fraction of sp³-hybridized carbons (Fsp3) is 0.538. The van der Waals surface area contributed by atoms with Crippen LogP contribution in [0.4, 0.5) is 8.78 Å². The van der Waals surface area contributed by atoms with Crippen molar-refractivity contribution < 1.29 is 26.7 Å². The zero-order valence-electron chi connectivity index (χ0n) is 11.9. The average molecular weight is 323 g/mol. The van der Waals surface area contributed by atoms with Crippen LogP contribution in [-0.4, -0.2) is 41.4 Å². The summed E-state index contributed by atoms with van der Waals surface area (Å²) in [5, 5.41) is 0. The molecule has 1 aromatic rings. The minimum absolute atomic E-state index is 0.105. The molecule has 0 spiro atoms. The molecule has 0 heterocycles. The fourth-order valence-electron chi connectivity index (χ4n) is 1.88. The molecular weight excluding hydrogens is 304 g/mol. The summed E-state index contributed by atoms with van der Waals surface area (Å²) >= 11 is 0. The Kier molecular flexibility index (Phi) is 6.35. The van der Waals surface area contributed by atoms with Gasteiger partial charge in [-0.2, -0.15) is 0 Å². The van der Waals surface area contributed by atoms with Gasteiger partial charge in [-0.05, 0) is 24.6 Å². The van der Waals surface area contributed by atoms with E-state index in [9.17, 15) is 17.2 Å². The van der Waals surface area contributed by atoms with Crippen LogP contribution in [0.25, 0.3) is 0 Å². The Balaban J connectivity index is 3.28. The fourth-order valence-corrected chi connectivity index (χ4v) is 3.32. The summed E-state index contributed by atoms with van der Waals surface area (Å²) < 4.78 is 59.0. The van der Waals surface area contributed by atoms with Crippen molar-refractivity contribution in [3.8, 4) is 11.5 Å². The zero-order valence-corrected chi connectivity index (χ0v) is 12.8. The quantitative estimate of drug-likeness (QED) is 0.787. The van der Waals surface area contributed by atoms with Gasteiger partial charge in [-0.1, -0.05) is 0 Å². The topological polar surface area (TPSA) is 78.6 Å². The number of hydrogen-bond donors (Lipinski definition) is 1. The summed E-state index contributed by atoms with van der Waals surface area (Å²) in [7, 11) is -1.16. The number of methoxy groups -OCH3 is 2. The monoisotopic (exact) mass is 323 g/mol. The molecule has 0 aliphatic heterocycles. The zero-order chi connectivity index (χ0) is 16.0. The molecule has 0 bridgehead atoms. The van der Waals surface area contributed by atoms with Gasteiger partial charge in [-0.3, -0.25) is 0 Å². The first kappa shape index (κ1) is 17.6. The second kappa shape index (κ2) is 7.56. The highest BCUT2D eigenvalue weighted by Crippen LogP contribution is 2.33. The van der Waals surface area contributed by atoms with Crippen molar-refractivity contribution in [3.63, 3.8) is 0 Å². The van der Waals surface area contributed by atoms with E-state index in [1.165, 1.54) is 26.4 Å². The molecule has 0 atom stereocenters. The summed E-state index contributed by atoms with van der Waals surface area (Å²) in [5.41, 5.74) is 6.18. The second-order valence-electron chi connectivity index (χ2n) is 4.35. The summed E-state index contributed by atoms with van der Waals surface area (Å²) in [6.07, 6.45) is -2.92. The lowest BCUT2D eigenvalue weighted by atomic mass is 10.1. The predicted octanol–water partition coefficient (Wildman–Crippen LogP) is 1.63. The first-order valence-electron chi connectivity index (χ1n) is 6.31. The average Bonchev–Trinajstić information content (AvgIpc) is 2.45. The van der Waals surface area contributed by atoms with Gasteiger partial charge in [0, 0.05) is 12.5 Å². The molecule has 0 saturated carbocycles. The van der Waals surface area contributed by atoms with Gasteiger partial charge in [0.05, 0.1) is 20.0 Å². The van der Waals surface area contributed by atoms with Crippen LogP contribution in [0.3, 0.4) is 0 Å². The first-order chi connectivity index (χ1) is 9.85. The largest absolute Gasteiger partial charge is 0.496 e. The molecule has 0 radical (unpaired) electrons. The van der Waals surface area contributed by atoms with E-state index in [0.717, 1.165) is 0 Å². The molecule has 0 amide bonds. The van der Waals surface area contributed by atoms with Gasteiger partial charge in [0.25, 0.3) is 0 Å². The van der Waals surface area contributed by atoms with Crippen molar-refractivity contribution in [3.05, 3.63) is 17.7 Å². The molecule has 0 aromatic heterocycles. The third-order valence-electron chi connectivity index (χ3n) is 2.92. The van der Waals surface area contributed by atoms with Crippen LogP contribution >= 0.6 is 0 Å². The normalized spacial score (nSPS) is 11.7. The van der Waals surface area contributed by atoms with Crippen molar-refractivity contribution in [2.75, 3.05) is 26.5 Å². The third-order valence-corrected chi connectivity index (χ3v) is 4.68. The Morgan fingerprint density at radius 1 is 1.19 bits per heavy atom. The van der Waals surface area contributed by atoms with E-state index in [0.29, 0.717) is 24.3 Å². The molecule has 120 valence electrons. The lowest BCUT2D eigenvalue weighted by Gasteiger charge is -2.15. The van der Waals surface area contributed by atoms with Gasteiger partial charge in [-0.25, -0.2) is 17.2 Å². The van der Waals surface area contributed by atoms with Crippen molar-refractivity contribution >= 4 is 9.84 Å². The number of alkyl halides is 2. The summed E-state index contributed by atoms with van der Waals surface area (Å²) in [4.78, 5) is -0.150. The highest BCUT2D eigenvalue weighted by molar-refractivity contribution is 7.91. The Morgan fingerprint density at radius 3 is 2.29 bits per heavy atom. The van der Waals surface area contributed by atoms with E-state index in [1.54, 1.807) is 0 Å². The Bertz CT molecular complexity index is 576. The van der Waals surface area contributed by atoms with E-state index >= 15 is 0 Å². The van der Waals surface area contributed by atoms with Gasteiger partial charge in [0.15, 0.2) is 9.84 Å². The summed E-state index contributed by atoms with van der Waals surface area (Å²) in [5.74, 6) is -0.203. The van der Waals surface area contributed by atoms with E-state index in [1.807, 2.05) is 0 Å². The number of benzene rings is 1. The molecule has 0 unspecified atom stereocenters. The van der Waals surface area contributed by atoms with Gasteiger partial charge in [-0.15, -0.1) is 0 Å². The maximum Gasteiger partial charge on any atom is 0.239 e. The molecule has 0 saturated heterocycles. The molecule has 21 heavy (non-hydrogen) atoms. The highest BCUT2D eigenvalue weighted by Gasteiger charge is 2.23. The highest BCUT2D eigenvalue weighted by atomic mass is 32.2. The maximum absolute atomic E-state index is 12.2. The molecule has 2 N–H and O–H groups in total. The maximum atomic E-state index is 12.2. The molecule has 0 aliphatic rings. The van der Waals surface area contributed by atoms with Crippen molar-refractivity contribution in [2.24, 2.45) is 5.73 Å². The lowest BCUT2D eigenvalue weighted by molar-refractivity contribution is 0.145.